The first kappa shape index (κ1) is 27.3. The number of urea groups is 1. The summed E-state index contributed by atoms with van der Waals surface area (Å²) in [5.74, 6) is 0.634. The number of ether oxygens (including phenoxy) is 1. The van der Waals surface area contributed by atoms with Crippen molar-refractivity contribution >= 4 is 39.8 Å². The number of fused-ring (bicyclic) bond motifs is 1. The lowest BCUT2D eigenvalue weighted by molar-refractivity contribution is 0.262. The summed E-state index contributed by atoms with van der Waals surface area (Å²) in [5, 5.41) is 14.9. The van der Waals surface area contributed by atoms with Crippen LogP contribution < -0.4 is 20.9 Å². The molecule has 0 saturated carbocycles. The van der Waals surface area contributed by atoms with Gasteiger partial charge in [-0.25, -0.2) is 9.78 Å². The zero-order valence-corrected chi connectivity index (χ0v) is 22.9. The molecule has 0 unspecified atom stereocenters. The van der Waals surface area contributed by atoms with Crippen molar-refractivity contribution in [3.63, 3.8) is 0 Å². The van der Waals surface area contributed by atoms with Crippen molar-refractivity contribution in [3.8, 4) is 16.9 Å². The second kappa shape index (κ2) is 12.7. The number of pyridine rings is 2. The Kier molecular flexibility index (Phi) is 8.44. The lowest BCUT2D eigenvalue weighted by Gasteiger charge is -2.18. The van der Waals surface area contributed by atoms with Crippen molar-refractivity contribution in [3.05, 3.63) is 108 Å². The molecule has 2 heterocycles. The first-order valence-corrected chi connectivity index (χ1v) is 13.4. The van der Waals surface area contributed by atoms with Crippen LogP contribution >= 0.6 is 0 Å². The van der Waals surface area contributed by atoms with E-state index < -0.39 is 6.03 Å². The molecule has 0 spiro atoms. The Morgan fingerprint density at radius 3 is 2.39 bits per heavy atom. The highest BCUT2D eigenvalue weighted by Crippen LogP contribution is 2.34. The maximum absolute atomic E-state index is 13.9. The maximum atomic E-state index is 13.9. The minimum atomic E-state index is -0.546. The van der Waals surface area contributed by atoms with Gasteiger partial charge in [0.15, 0.2) is 0 Å². The van der Waals surface area contributed by atoms with Crippen molar-refractivity contribution in [1.82, 2.24) is 9.55 Å². The van der Waals surface area contributed by atoms with Gasteiger partial charge in [-0.15, -0.1) is 0 Å². The van der Waals surface area contributed by atoms with E-state index in [0.717, 1.165) is 29.5 Å². The van der Waals surface area contributed by atoms with Gasteiger partial charge in [0.2, 0.25) is 0 Å². The molecule has 2 aromatic heterocycles. The monoisotopic (exact) mass is 546 g/mol. The molecule has 0 atom stereocenters. The van der Waals surface area contributed by atoms with Crippen LogP contribution in [0.1, 0.15) is 19.8 Å². The minimum Gasteiger partial charge on any atom is -0.497 e. The normalized spacial score (nSPS) is 11.1. The highest BCUT2D eigenvalue weighted by Gasteiger charge is 2.21. The number of hydrogen-bond donors (Lipinski definition) is 2. The number of methoxy groups -OCH3 is 1. The molecule has 0 aliphatic heterocycles. The molecule has 2 amide bonds. The Hall–Kier alpha value is -5.31. The SMILES string of the molecule is CCCCn1c(=O)c(NC(=O)Nc2ccc(N=Nc3ccccc3)cc2)c(-c2cccc(OC)c2)c2cccnc21. The first-order chi connectivity index (χ1) is 20.1. The maximum Gasteiger partial charge on any atom is 0.323 e. The average Bonchev–Trinajstić information content (AvgIpc) is 3.01. The van der Waals surface area contributed by atoms with E-state index >= 15 is 0 Å². The van der Waals surface area contributed by atoms with E-state index in [9.17, 15) is 9.59 Å². The second-order valence-corrected chi connectivity index (χ2v) is 9.33. The molecule has 41 heavy (non-hydrogen) atoms. The topological polar surface area (TPSA) is 110 Å². The number of amides is 2. The molecule has 5 rings (SSSR count). The lowest BCUT2D eigenvalue weighted by atomic mass is 10.00. The Labute approximate surface area is 237 Å². The number of nitrogens with zero attached hydrogens (tertiary/aromatic N) is 4. The summed E-state index contributed by atoms with van der Waals surface area (Å²) in [5.41, 5.74) is 3.64. The van der Waals surface area contributed by atoms with E-state index in [0.29, 0.717) is 34.9 Å². The molecule has 9 nitrogen and oxygen atoms in total. The minimum absolute atomic E-state index is 0.167. The predicted octanol–water partition coefficient (Wildman–Crippen LogP) is 7.93. The number of rotatable bonds is 9. The molecule has 0 aliphatic carbocycles. The van der Waals surface area contributed by atoms with Crippen LogP contribution in [0.4, 0.5) is 27.5 Å². The van der Waals surface area contributed by atoms with Crippen LogP contribution in [0.5, 0.6) is 5.75 Å². The molecule has 0 aliphatic rings. The van der Waals surface area contributed by atoms with Crippen LogP contribution in [-0.2, 0) is 6.54 Å². The van der Waals surface area contributed by atoms with Gasteiger partial charge in [0.1, 0.15) is 17.1 Å². The number of azo groups is 1. The van der Waals surface area contributed by atoms with E-state index in [4.69, 9.17) is 4.74 Å². The molecule has 206 valence electrons. The third-order valence-electron chi connectivity index (χ3n) is 6.52. The number of benzene rings is 3. The summed E-state index contributed by atoms with van der Waals surface area (Å²) in [6.45, 7) is 2.54. The number of nitrogens with one attached hydrogen (secondary N) is 2. The molecule has 0 radical (unpaired) electrons. The fraction of sp³-hybridized carbons (Fsp3) is 0.156. The van der Waals surface area contributed by atoms with Crippen LogP contribution in [0.15, 0.2) is 112 Å². The summed E-state index contributed by atoms with van der Waals surface area (Å²) in [4.78, 5) is 31.7. The Bertz CT molecular complexity index is 1750. The van der Waals surface area contributed by atoms with Gasteiger partial charge in [0.25, 0.3) is 5.56 Å². The van der Waals surface area contributed by atoms with Gasteiger partial charge in [0, 0.05) is 29.4 Å². The van der Waals surface area contributed by atoms with Crippen LogP contribution in [0.2, 0.25) is 0 Å². The standard InChI is InChI=1S/C32H30N6O3/c1-3-4-20-38-30-27(14-9-19-33-30)28(22-10-8-13-26(21-22)41-2)29(31(38)39)35-32(40)34-23-15-17-25(18-16-23)37-36-24-11-6-5-7-12-24/h5-19,21H,3-4,20H2,1-2H3,(H2,34,35,40). The van der Waals surface area contributed by atoms with Crippen LogP contribution in [0.3, 0.4) is 0 Å². The zero-order chi connectivity index (χ0) is 28.6. The third-order valence-corrected chi connectivity index (χ3v) is 6.52. The lowest BCUT2D eigenvalue weighted by Crippen LogP contribution is -2.30. The van der Waals surface area contributed by atoms with Crippen molar-refractivity contribution in [2.75, 3.05) is 17.7 Å². The van der Waals surface area contributed by atoms with E-state index in [2.05, 4.69) is 32.8 Å². The summed E-state index contributed by atoms with van der Waals surface area (Å²) in [6, 6.07) is 27.0. The molecule has 9 heteroatoms. The van der Waals surface area contributed by atoms with E-state index in [1.165, 1.54) is 0 Å². The van der Waals surface area contributed by atoms with Gasteiger partial charge in [0.05, 0.1) is 18.5 Å². The molecule has 0 bridgehead atoms. The first-order valence-electron chi connectivity index (χ1n) is 13.4. The van der Waals surface area contributed by atoms with Crippen molar-refractivity contribution in [2.24, 2.45) is 10.2 Å². The molecule has 0 fully saturated rings. The van der Waals surface area contributed by atoms with Crippen LogP contribution in [-0.4, -0.2) is 22.7 Å². The number of carbonyl (C=O) groups excluding carboxylic acids is 1. The van der Waals surface area contributed by atoms with Gasteiger partial charge in [-0.05, 0) is 72.6 Å². The summed E-state index contributed by atoms with van der Waals surface area (Å²) in [6.07, 6.45) is 3.37. The van der Waals surface area contributed by atoms with Gasteiger partial charge >= 0.3 is 6.03 Å². The average molecular weight is 547 g/mol. The third kappa shape index (κ3) is 6.30. The Balaban J connectivity index is 1.48. The molecule has 3 aromatic carbocycles. The number of unbranched alkanes of at least 4 members (excludes halogenated alkanes) is 1. The second-order valence-electron chi connectivity index (χ2n) is 9.33. The van der Waals surface area contributed by atoms with Gasteiger partial charge in [-0.2, -0.15) is 10.2 Å². The fourth-order valence-corrected chi connectivity index (χ4v) is 4.50. The van der Waals surface area contributed by atoms with Crippen molar-refractivity contribution in [1.29, 1.82) is 0 Å². The molecular formula is C32H30N6O3. The molecular weight excluding hydrogens is 516 g/mol. The number of aromatic nitrogens is 2. The van der Waals surface area contributed by atoms with E-state index in [1.807, 2.05) is 66.7 Å². The largest absolute Gasteiger partial charge is 0.497 e. The smallest absolute Gasteiger partial charge is 0.323 e. The Morgan fingerprint density at radius 1 is 0.902 bits per heavy atom. The summed E-state index contributed by atoms with van der Waals surface area (Å²) < 4.78 is 7.06. The Morgan fingerprint density at radius 2 is 1.66 bits per heavy atom. The number of anilines is 2. The highest BCUT2D eigenvalue weighted by atomic mass is 16.5. The van der Waals surface area contributed by atoms with Crippen molar-refractivity contribution in [2.45, 2.75) is 26.3 Å². The zero-order valence-electron chi connectivity index (χ0n) is 22.9. The van der Waals surface area contributed by atoms with E-state index in [-0.39, 0.29) is 11.2 Å². The quantitative estimate of drug-likeness (QED) is 0.183. The van der Waals surface area contributed by atoms with Crippen LogP contribution in [0.25, 0.3) is 22.2 Å². The molecule has 5 aromatic rings. The molecule has 2 N–H and O–H groups in total. The van der Waals surface area contributed by atoms with Crippen LogP contribution in [0, 0.1) is 0 Å². The van der Waals surface area contributed by atoms with Crippen molar-refractivity contribution < 1.29 is 9.53 Å². The molecule has 0 saturated heterocycles. The summed E-state index contributed by atoms with van der Waals surface area (Å²) >= 11 is 0. The fourth-order valence-electron chi connectivity index (χ4n) is 4.50. The number of carbonyl (C=O) groups is 1. The number of aryl methyl sites for hydroxylation is 1. The van der Waals surface area contributed by atoms with Gasteiger partial charge in [-0.3, -0.25) is 9.36 Å². The summed E-state index contributed by atoms with van der Waals surface area (Å²) in [7, 11) is 1.59. The predicted molar refractivity (Wildman–Crippen MR) is 163 cm³/mol. The van der Waals surface area contributed by atoms with Gasteiger partial charge < -0.3 is 15.4 Å². The van der Waals surface area contributed by atoms with E-state index in [1.54, 1.807) is 42.1 Å². The van der Waals surface area contributed by atoms with Gasteiger partial charge in [-0.1, -0.05) is 43.7 Å². The number of hydrogen-bond acceptors (Lipinski definition) is 6. The highest BCUT2D eigenvalue weighted by molar-refractivity contribution is 6.07.